The molecule has 2 heterocycles. The van der Waals surface area contributed by atoms with Crippen LogP contribution in [0.2, 0.25) is 0 Å². The number of nitrogens with one attached hydrogen (secondary N) is 3. The number of amides is 1. The minimum absolute atomic E-state index is 0.0249. The van der Waals surface area contributed by atoms with Crippen LogP contribution in [0.1, 0.15) is 19.6 Å². The van der Waals surface area contributed by atoms with Gasteiger partial charge in [-0.3, -0.25) is 14.7 Å². The smallest absolute Gasteiger partial charge is 0.239 e. The Kier molecular flexibility index (Phi) is 7.27. The van der Waals surface area contributed by atoms with Gasteiger partial charge >= 0.3 is 0 Å². The van der Waals surface area contributed by atoms with Gasteiger partial charge in [0.05, 0.1) is 32.6 Å². The van der Waals surface area contributed by atoms with Crippen molar-refractivity contribution in [1.29, 1.82) is 0 Å². The summed E-state index contributed by atoms with van der Waals surface area (Å²) >= 11 is 0. The minimum atomic E-state index is -0.119. The van der Waals surface area contributed by atoms with Crippen LogP contribution >= 0.6 is 0 Å². The number of aliphatic imine (C=N–C) groups is 1. The predicted octanol–water partition coefficient (Wildman–Crippen LogP) is 0.172. The normalized spacial score (nSPS) is 16.5. The summed E-state index contributed by atoms with van der Waals surface area (Å²) in [6.07, 6.45) is 1.59. The van der Waals surface area contributed by atoms with Crippen molar-refractivity contribution in [2.45, 2.75) is 25.9 Å². The lowest BCUT2D eigenvalue weighted by Crippen LogP contribution is -2.56. The third kappa shape index (κ3) is 6.39. The predicted molar refractivity (Wildman–Crippen MR) is 96.4 cm³/mol. The molecule has 3 N–H and O–H groups in total. The molecule has 1 fully saturated rings. The number of morpholine rings is 1. The zero-order chi connectivity index (χ0) is 18.1. The standard InChI is InChI=1S/C17H29N5O3/c1-17(2,22-6-9-24-10-7-22)13-21-16(18-3)20-12-15(23)19-11-14-5-4-8-25-14/h4-5,8H,6-7,9-13H2,1-3H3,(H,19,23)(H2,18,20,21). The zero-order valence-electron chi connectivity index (χ0n) is 15.3. The van der Waals surface area contributed by atoms with Gasteiger partial charge in [-0.05, 0) is 26.0 Å². The third-order valence-electron chi connectivity index (χ3n) is 4.24. The van der Waals surface area contributed by atoms with Gasteiger partial charge in [-0.1, -0.05) is 0 Å². The minimum Gasteiger partial charge on any atom is -0.467 e. The molecule has 140 valence electrons. The summed E-state index contributed by atoms with van der Waals surface area (Å²) in [6, 6.07) is 3.61. The summed E-state index contributed by atoms with van der Waals surface area (Å²) in [4.78, 5) is 18.5. The number of furan rings is 1. The van der Waals surface area contributed by atoms with Crippen molar-refractivity contribution >= 4 is 11.9 Å². The fourth-order valence-electron chi connectivity index (χ4n) is 2.63. The molecule has 0 aliphatic carbocycles. The summed E-state index contributed by atoms with van der Waals surface area (Å²) in [7, 11) is 1.69. The van der Waals surface area contributed by atoms with E-state index in [9.17, 15) is 4.79 Å². The van der Waals surface area contributed by atoms with Crippen LogP contribution in [0.3, 0.4) is 0 Å². The maximum absolute atomic E-state index is 11.9. The second kappa shape index (κ2) is 9.43. The van der Waals surface area contributed by atoms with Crippen LogP contribution in [0.4, 0.5) is 0 Å². The monoisotopic (exact) mass is 351 g/mol. The van der Waals surface area contributed by atoms with E-state index >= 15 is 0 Å². The average molecular weight is 351 g/mol. The van der Waals surface area contributed by atoms with E-state index in [-0.39, 0.29) is 18.0 Å². The molecule has 25 heavy (non-hydrogen) atoms. The van der Waals surface area contributed by atoms with Crippen LogP contribution in [0.15, 0.2) is 27.8 Å². The molecule has 1 saturated heterocycles. The molecule has 8 nitrogen and oxygen atoms in total. The van der Waals surface area contributed by atoms with Crippen LogP contribution in [0.25, 0.3) is 0 Å². The lowest BCUT2D eigenvalue weighted by atomic mass is 10.0. The number of rotatable bonds is 7. The molecule has 0 saturated carbocycles. The number of hydrogen-bond donors (Lipinski definition) is 3. The molecule has 0 atom stereocenters. The largest absolute Gasteiger partial charge is 0.467 e. The molecule has 0 unspecified atom stereocenters. The molecule has 1 aromatic rings. The molecule has 2 rings (SSSR count). The van der Waals surface area contributed by atoms with Crippen molar-refractivity contribution in [3.8, 4) is 0 Å². The highest BCUT2D eigenvalue weighted by Crippen LogP contribution is 2.14. The molecule has 1 amide bonds. The first-order chi connectivity index (χ1) is 12.0. The Morgan fingerprint density at radius 2 is 2.04 bits per heavy atom. The van der Waals surface area contributed by atoms with Gasteiger partial charge in [0.2, 0.25) is 5.91 Å². The van der Waals surface area contributed by atoms with E-state index < -0.39 is 0 Å². The summed E-state index contributed by atoms with van der Waals surface area (Å²) in [6.45, 7) is 9.02. The maximum atomic E-state index is 11.9. The van der Waals surface area contributed by atoms with Gasteiger partial charge < -0.3 is 25.1 Å². The number of ether oxygens (including phenoxy) is 1. The van der Waals surface area contributed by atoms with Crippen LogP contribution < -0.4 is 16.0 Å². The average Bonchev–Trinajstić information content (AvgIpc) is 3.14. The molecule has 0 radical (unpaired) electrons. The molecule has 0 aromatic carbocycles. The Bertz CT molecular complexity index is 551. The highest BCUT2D eigenvalue weighted by molar-refractivity contribution is 5.86. The molecule has 1 aliphatic heterocycles. The molecule has 1 aliphatic rings. The molecule has 8 heteroatoms. The van der Waals surface area contributed by atoms with Crippen LogP contribution in [-0.2, 0) is 16.1 Å². The van der Waals surface area contributed by atoms with Gasteiger partial charge in [0.15, 0.2) is 5.96 Å². The first-order valence-corrected chi connectivity index (χ1v) is 8.57. The highest BCUT2D eigenvalue weighted by atomic mass is 16.5. The Morgan fingerprint density at radius 1 is 1.28 bits per heavy atom. The highest BCUT2D eigenvalue weighted by Gasteiger charge is 2.28. The maximum Gasteiger partial charge on any atom is 0.239 e. The SMILES string of the molecule is CN=C(NCC(=O)NCc1ccco1)NCC(C)(C)N1CCOCC1. The van der Waals surface area contributed by atoms with E-state index in [4.69, 9.17) is 9.15 Å². The summed E-state index contributed by atoms with van der Waals surface area (Å²) in [5.41, 5.74) is -0.0249. The number of nitrogens with zero attached hydrogens (tertiary/aromatic N) is 2. The van der Waals surface area contributed by atoms with Gasteiger partial charge in [-0.2, -0.15) is 0 Å². The van der Waals surface area contributed by atoms with Crippen molar-refractivity contribution in [3.63, 3.8) is 0 Å². The quantitative estimate of drug-likeness (QED) is 0.479. The van der Waals surface area contributed by atoms with E-state index in [1.165, 1.54) is 0 Å². The van der Waals surface area contributed by atoms with Crippen LogP contribution in [-0.4, -0.2) is 68.7 Å². The second-order valence-corrected chi connectivity index (χ2v) is 6.55. The van der Waals surface area contributed by atoms with Crippen LogP contribution in [0.5, 0.6) is 0 Å². The number of carbonyl (C=O) groups is 1. The van der Waals surface area contributed by atoms with Crippen molar-refractivity contribution < 1.29 is 13.9 Å². The molecule has 0 spiro atoms. The Morgan fingerprint density at radius 3 is 2.68 bits per heavy atom. The molecule has 1 aromatic heterocycles. The number of carbonyl (C=O) groups excluding carboxylic acids is 1. The van der Waals surface area contributed by atoms with Gasteiger partial charge in [0.25, 0.3) is 0 Å². The summed E-state index contributed by atoms with van der Waals surface area (Å²) < 4.78 is 10.6. The summed E-state index contributed by atoms with van der Waals surface area (Å²) in [5, 5.41) is 9.11. The Balaban J connectivity index is 1.69. The van der Waals surface area contributed by atoms with Gasteiger partial charge in [0.1, 0.15) is 5.76 Å². The van der Waals surface area contributed by atoms with Gasteiger partial charge in [0, 0.05) is 32.2 Å². The Hall–Kier alpha value is -2.06. The lowest BCUT2D eigenvalue weighted by Gasteiger charge is -2.41. The van der Waals surface area contributed by atoms with Gasteiger partial charge in [-0.25, -0.2) is 0 Å². The van der Waals surface area contributed by atoms with Crippen molar-refractivity contribution in [3.05, 3.63) is 24.2 Å². The number of guanidine groups is 1. The fourth-order valence-corrected chi connectivity index (χ4v) is 2.63. The van der Waals surface area contributed by atoms with E-state index in [1.54, 1.807) is 19.4 Å². The summed E-state index contributed by atoms with van der Waals surface area (Å²) in [5.74, 6) is 1.21. The van der Waals surface area contributed by atoms with Crippen molar-refractivity contribution in [1.82, 2.24) is 20.9 Å². The number of hydrogen-bond acceptors (Lipinski definition) is 5. The first kappa shape index (κ1) is 19.3. The lowest BCUT2D eigenvalue weighted by molar-refractivity contribution is -0.120. The van der Waals surface area contributed by atoms with Crippen molar-refractivity contribution in [2.75, 3.05) is 46.4 Å². The fraction of sp³-hybridized carbons (Fsp3) is 0.647. The molecular formula is C17H29N5O3. The molecule has 0 bridgehead atoms. The van der Waals surface area contributed by atoms with E-state index in [2.05, 4.69) is 39.7 Å². The van der Waals surface area contributed by atoms with E-state index in [0.717, 1.165) is 38.6 Å². The van der Waals surface area contributed by atoms with Gasteiger partial charge in [-0.15, -0.1) is 0 Å². The van der Waals surface area contributed by atoms with E-state index in [1.807, 2.05) is 6.07 Å². The third-order valence-corrected chi connectivity index (χ3v) is 4.24. The second-order valence-electron chi connectivity index (χ2n) is 6.55. The Labute approximate surface area is 149 Å². The van der Waals surface area contributed by atoms with E-state index in [0.29, 0.717) is 12.5 Å². The van der Waals surface area contributed by atoms with Crippen LogP contribution in [0, 0.1) is 0 Å². The topological polar surface area (TPSA) is 91.1 Å². The first-order valence-electron chi connectivity index (χ1n) is 8.57. The van der Waals surface area contributed by atoms with Crippen molar-refractivity contribution in [2.24, 2.45) is 4.99 Å². The zero-order valence-corrected chi connectivity index (χ0v) is 15.3. The molecular weight excluding hydrogens is 322 g/mol.